The zero-order chi connectivity index (χ0) is 24.9. The molecule has 0 radical (unpaired) electrons. The molecule has 0 fully saturated rings. The van der Waals surface area contributed by atoms with Crippen molar-refractivity contribution in [2.45, 2.75) is 52.9 Å². The molecule has 0 saturated heterocycles. The molecule has 0 aliphatic carbocycles. The summed E-state index contributed by atoms with van der Waals surface area (Å²) in [5.74, 6) is 0. The van der Waals surface area contributed by atoms with Gasteiger partial charge in [-0.2, -0.15) is 0 Å². The third kappa shape index (κ3) is 6.67. The van der Waals surface area contributed by atoms with Gasteiger partial charge in [-0.15, -0.1) is 0 Å². The minimum Gasteiger partial charge on any atom is -0.651 e. The minimum atomic E-state index is -1.21. The first-order valence-electron chi connectivity index (χ1n) is 12.6. The van der Waals surface area contributed by atoms with Gasteiger partial charge < -0.3 is 5.32 Å². The van der Waals surface area contributed by atoms with Crippen molar-refractivity contribution in [2.24, 2.45) is 0 Å². The van der Waals surface area contributed by atoms with Gasteiger partial charge in [0.2, 0.25) is 0 Å². The molecular weight excluding hydrogens is 519 g/mol. The Morgan fingerprint density at radius 2 is 1.00 bits per heavy atom. The molecule has 4 aromatic rings. The third-order valence-corrected chi connectivity index (χ3v) is 12.8. The molecule has 0 atom stereocenters. The van der Waals surface area contributed by atoms with Crippen molar-refractivity contribution in [1.29, 1.82) is 0 Å². The summed E-state index contributed by atoms with van der Waals surface area (Å²) in [6.45, 7) is 13.9. The first-order chi connectivity index (χ1) is 16.8. The van der Waals surface area contributed by atoms with Crippen molar-refractivity contribution < 1.29 is 17.9 Å². The maximum atomic E-state index is 5.43. The van der Waals surface area contributed by atoms with Gasteiger partial charge in [-0.05, 0) is 89.1 Å². The molecule has 0 saturated carbocycles. The molecule has 0 spiro atoms. The third-order valence-electron chi connectivity index (χ3n) is 6.49. The molecule has 36 heavy (non-hydrogen) atoms. The molecule has 0 amide bonds. The standard InChI is InChI=1S/C32H36NP2.Ni/c1-23(2)34(24(3)4)31-21-25(5)17-19-29(31)33-30-20-18-26(6)22-32(30)35(27-13-9-7-10-14-27)28-15-11-8-12-16-28;/h7-24H,1-6H3;/q-1;/p+3. The van der Waals surface area contributed by atoms with E-state index in [9.17, 15) is 0 Å². The van der Waals surface area contributed by atoms with Gasteiger partial charge in [0.1, 0.15) is 10.6 Å². The molecule has 0 aliphatic rings. The molecule has 4 rings (SSSR count). The van der Waals surface area contributed by atoms with Crippen LogP contribution in [0.5, 0.6) is 0 Å². The van der Waals surface area contributed by atoms with Gasteiger partial charge in [-0.1, -0.05) is 72.0 Å². The van der Waals surface area contributed by atoms with Crippen LogP contribution in [0, 0.1) is 13.8 Å². The first kappa shape index (κ1) is 28.6. The molecule has 0 N–H and O–H groups in total. The number of rotatable bonds is 8. The van der Waals surface area contributed by atoms with E-state index in [-0.39, 0.29) is 17.9 Å². The molecule has 4 aromatic carbocycles. The van der Waals surface area contributed by atoms with Gasteiger partial charge >= 0.3 is 1.43 Å². The van der Waals surface area contributed by atoms with E-state index in [1.165, 1.54) is 32.3 Å². The fourth-order valence-electron chi connectivity index (χ4n) is 5.03. The van der Waals surface area contributed by atoms with Crippen LogP contribution in [0.15, 0.2) is 97.1 Å². The van der Waals surface area contributed by atoms with E-state index in [1.54, 1.807) is 0 Å². The molecule has 0 aliphatic heterocycles. The Hall–Kier alpha value is -1.97. The first-order valence-corrected chi connectivity index (χ1v) is 15.8. The predicted octanol–water partition coefficient (Wildman–Crippen LogP) is 7.90. The van der Waals surface area contributed by atoms with Gasteiger partial charge in [0, 0.05) is 24.4 Å². The Kier molecular flexibility index (Phi) is 10.3. The van der Waals surface area contributed by atoms with Crippen LogP contribution in [0.25, 0.3) is 5.32 Å². The number of benzene rings is 4. The van der Waals surface area contributed by atoms with Crippen LogP contribution in [0.4, 0.5) is 11.4 Å². The Bertz CT molecular complexity index is 1220. The molecule has 0 heterocycles. The Morgan fingerprint density at radius 1 is 0.583 bits per heavy atom. The van der Waals surface area contributed by atoms with Crippen LogP contribution in [0.1, 0.15) is 40.2 Å². The van der Waals surface area contributed by atoms with E-state index in [0.717, 1.165) is 11.4 Å². The monoisotopic (exact) mass is 557 g/mol. The van der Waals surface area contributed by atoms with Crippen molar-refractivity contribution in [3.63, 3.8) is 0 Å². The SMILES string of the molecule is Cc1ccc([N-]c2ccc(C)cc2[PH+](C(C)C)C(C)C)c([PH+](c2ccccc2)c2ccccc2)c1.[H+].[Ni]. The summed E-state index contributed by atoms with van der Waals surface area (Å²) >= 11 is 0. The van der Waals surface area contributed by atoms with Gasteiger partial charge in [0.15, 0.2) is 0 Å². The van der Waals surface area contributed by atoms with Crippen LogP contribution >= 0.6 is 15.8 Å². The van der Waals surface area contributed by atoms with Crippen molar-refractivity contribution in [3.8, 4) is 0 Å². The van der Waals surface area contributed by atoms with E-state index < -0.39 is 15.8 Å². The largest absolute Gasteiger partial charge is 1.00 e. The van der Waals surface area contributed by atoms with Gasteiger partial charge in [-0.25, -0.2) is 0 Å². The molecular formula is C32H39NNiP2+2. The zero-order valence-corrected chi connectivity index (χ0v) is 25.1. The summed E-state index contributed by atoms with van der Waals surface area (Å²) in [6.07, 6.45) is 0. The van der Waals surface area contributed by atoms with Crippen LogP contribution in [-0.4, -0.2) is 11.3 Å². The number of nitrogens with zero attached hydrogens (tertiary/aromatic N) is 1. The Labute approximate surface area is 232 Å². The second kappa shape index (κ2) is 13.0. The van der Waals surface area contributed by atoms with Crippen LogP contribution in [0.3, 0.4) is 0 Å². The van der Waals surface area contributed by atoms with Gasteiger partial charge in [0.25, 0.3) is 0 Å². The summed E-state index contributed by atoms with van der Waals surface area (Å²) < 4.78 is 0. The summed E-state index contributed by atoms with van der Waals surface area (Å²) in [5.41, 5.74) is 6.18. The molecule has 0 aromatic heterocycles. The minimum absolute atomic E-state index is 0. The van der Waals surface area contributed by atoms with E-state index in [1.807, 2.05) is 0 Å². The predicted molar refractivity (Wildman–Crippen MR) is 164 cm³/mol. The topological polar surface area (TPSA) is 14.1 Å². The second-order valence-corrected chi connectivity index (χ2v) is 16.2. The van der Waals surface area contributed by atoms with Gasteiger partial charge in [-0.3, -0.25) is 0 Å². The second-order valence-electron chi connectivity index (χ2n) is 10.0. The molecule has 4 heteroatoms. The van der Waals surface area contributed by atoms with E-state index in [4.69, 9.17) is 5.32 Å². The maximum Gasteiger partial charge on any atom is 1.00 e. The van der Waals surface area contributed by atoms with Crippen molar-refractivity contribution in [2.75, 3.05) is 0 Å². The molecule has 1 nitrogen and oxygen atoms in total. The van der Waals surface area contributed by atoms with E-state index in [2.05, 4.69) is 139 Å². The van der Waals surface area contributed by atoms with Crippen LogP contribution < -0.4 is 21.2 Å². The summed E-state index contributed by atoms with van der Waals surface area (Å²) in [6, 6.07) is 35.7. The summed E-state index contributed by atoms with van der Waals surface area (Å²) in [5, 5.41) is 11.1. The summed E-state index contributed by atoms with van der Waals surface area (Å²) in [4.78, 5) is 0. The Balaban J connectivity index is 0.00000241. The zero-order valence-electron chi connectivity index (χ0n) is 23.2. The number of aryl methyl sites for hydroxylation is 2. The van der Waals surface area contributed by atoms with E-state index in [0.29, 0.717) is 11.3 Å². The number of hydrogen-bond acceptors (Lipinski definition) is 0. The number of hydrogen-bond donors (Lipinski definition) is 0. The van der Waals surface area contributed by atoms with Crippen molar-refractivity contribution in [3.05, 3.63) is 114 Å². The van der Waals surface area contributed by atoms with Crippen molar-refractivity contribution >= 4 is 48.4 Å². The van der Waals surface area contributed by atoms with Gasteiger partial charge in [0.05, 0.1) is 29.8 Å². The van der Waals surface area contributed by atoms with Crippen molar-refractivity contribution in [1.82, 2.24) is 0 Å². The summed E-state index contributed by atoms with van der Waals surface area (Å²) in [7, 11) is -1.96. The maximum absolute atomic E-state index is 5.43. The van der Waals surface area contributed by atoms with E-state index >= 15 is 0 Å². The normalized spacial score (nSPS) is 11.3. The molecule has 190 valence electrons. The molecule has 0 unspecified atom stereocenters. The average molecular weight is 558 g/mol. The van der Waals surface area contributed by atoms with Crippen LogP contribution in [0.2, 0.25) is 0 Å². The fraction of sp³-hybridized carbons (Fsp3) is 0.250. The average Bonchev–Trinajstić information content (AvgIpc) is 2.83. The molecule has 0 bridgehead atoms. The van der Waals surface area contributed by atoms with Crippen LogP contribution in [-0.2, 0) is 16.5 Å². The quantitative estimate of drug-likeness (QED) is 0.154. The Morgan fingerprint density at radius 3 is 1.44 bits per heavy atom. The fourth-order valence-corrected chi connectivity index (χ4v) is 11.2. The smallest absolute Gasteiger partial charge is 0.651 e.